The van der Waals surface area contributed by atoms with Crippen molar-refractivity contribution >= 4 is 21.8 Å². The van der Waals surface area contributed by atoms with Crippen LogP contribution >= 0.6 is 0 Å². The Morgan fingerprint density at radius 3 is 2.29 bits per heavy atom. The number of nitrogens with zero attached hydrogens (tertiary/aromatic N) is 2. The Hall–Kier alpha value is -1.97. The van der Waals surface area contributed by atoms with Crippen LogP contribution in [-0.2, 0) is 19.6 Å². The zero-order valence-electron chi connectivity index (χ0n) is 18.7. The molecule has 2 saturated heterocycles. The molecule has 2 heterocycles. The summed E-state index contributed by atoms with van der Waals surface area (Å²) in [4.78, 5) is 26.8. The van der Waals surface area contributed by atoms with Crippen molar-refractivity contribution in [1.82, 2.24) is 14.5 Å². The molecule has 9 heteroatoms. The number of nitrogens with one attached hydrogen (secondary N) is 1. The van der Waals surface area contributed by atoms with Gasteiger partial charge in [0.1, 0.15) is 0 Å². The number of hydrogen-bond acceptors (Lipinski definition) is 5. The minimum absolute atomic E-state index is 0.0340. The third kappa shape index (κ3) is 5.64. The molecule has 0 aliphatic carbocycles. The molecule has 0 aromatic heterocycles. The number of carbonyl (C=O) groups excluding carboxylic acids is 2. The first-order valence-electron chi connectivity index (χ1n) is 10.9. The van der Waals surface area contributed by atoms with Gasteiger partial charge in [-0.15, -0.1) is 0 Å². The van der Waals surface area contributed by atoms with E-state index >= 15 is 0 Å². The first-order chi connectivity index (χ1) is 14.6. The van der Waals surface area contributed by atoms with Crippen LogP contribution in [0.3, 0.4) is 0 Å². The first-order valence-corrected chi connectivity index (χ1v) is 12.4. The Morgan fingerprint density at radius 2 is 1.71 bits per heavy atom. The van der Waals surface area contributed by atoms with Gasteiger partial charge < -0.3 is 15.0 Å². The second-order valence-electron chi connectivity index (χ2n) is 8.83. The average molecular weight is 452 g/mol. The van der Waals surface area contributed by atoms with Crippen molar-refractivity contribution in [2.24, 2.45) is 5.92 Å². The fourth-order valence-corrected chi connectivity index (χ4v) is 5.79. The van der Waals surface area contributed by atoms with Crippen LogP contribution in [0, 0.1) is 5.92 Å². The Balaban J connectivity index is 1.65. The number of ether oxygens (including phenoxy) is 1. The van der Waals surface area contributed by atoms with E-state index in [9.17, 15) is 18.0 Å². The quantitative estimate of drug-likeness (QED) is 0.737. The van der Waals surface area contributed by atoms with Gasteiger partial charge in [-0.1, -0.05) is 19.9 Å². The molecule has 2 amide bonds. The summed E-state index contributed by atoms with van der Waals surface area (Å²) in [6.45, 7) is 9.27. The van der Waals surface area contributed by atoms with E-state index in [0.29, 0.717) is 31.5 Å². The molecule has 2 fully saturated rings. The molecule has 0 radical (unpaired) electrons. The molecule has 1 aromatic rings. The molecule has 2 aliphatic heterocycles. The smallest absolute Gasteiger partial charge is 0.251 e. The van der Waals surface area contributed by atoms with E-state index in [4.69, 9.17) is 4.74 Å². The van der Waals surface area contributed by atoms with Crippen molar-refractivity contribution in [3.63, 3.8) is 0 Å². The molecule has 172 valence electrons. The summed E-state index contributed by atoms with van der Waals surface area (Å²) < 4.78 is 33.3. The zero-order chi connectivity index (χ0) is 22.8. The predicted octanol–water partition coefficient (Wildman–Crippen LogP) is 1.86. The molecule has 31 heavy (non-hydrogen) atoms. The topological polar surface area (TPSA) is 96.0 Å². The minimum Gasteiger partial charge on any atom is -0.373 e. The average Bonchev–Trinajstić information content (AvgIpc) is 2.73. The van der Waals surface area contributed by atoms with Crippen molar-refractivity contribution in [1.29, 1.82) is 0 Å². The molecule has 1 aromatic carbocycles. The van der Waals surface area contributed by atoms with E-state index in [-0.39, 0.29) is 54.0 Å². The van der Waals surface area contributed by atoms with Gasteiger partial charge in [0.2, 0.25) is 15.9 Å². The highest BCUT2D eigenvalue weighted by Gasteiger charge is 2.32. The summed E-state index contributed by atoms with van der Waals surface area (Å²) >= 11 is 0. The van der Waals surface area contributed by atoms with Crippen molar-refractivity contribution < 1.29 is 22.7 Å². The molecule has 2 unspecified atom stereocenters. The number of rotatable bonds is 5. The molecule has 0 bridgehead atoms. The SMILES string of the molecule is CC1CN(S(=O)(=O)c2cccc(C(=O)NC3CCN(C(=O)C(C)C)CC3)c2)CC(C)O1. The molecule has 3 rings (SSSR count). The van der Waals surface area contributed by atoms with Crippen molar-refractivity contribution in [2.45, 2.75) is 63.7 Å². The van der Waals surface area contributed by atoms with Crippen LogP contribution in [0.4, 0.5) is 0 Å². The fourth-order valence-electron chi connectivity index (χ4n) is 4.15. The monoisotopic (exact) mass is 451 g/mol. The number of piperidine rings is 1. The summed E-state index contributed by atoms with van der Waals surface area (Å²) in [7, 11) is -3.71. The van der Waals surface area contributed by atoms with Crippen LogP contribution < -0.4 is 5.32 Å². The molecular weight excluding hydrogens is 418 g/mol. The lowest BCUT2D eigenvalue weighted by Gasteiger charge is -2.34. The molecule has 0 saturated carbocycles. The van der Waals surface area contributed by atoms with E-state index in [1.807, 2.05) is 32.6 Å². The number of carbonyl (C=O) groups is 2. The van der Waals surface area contributed by atoms with E-state index in [2.05, 4.69) is 5.32 Å². The van der Waals surface area contributed by atoms with Crippen molar-refractivity contribution in [3.05, 3.63) is 29.8 Å². The fraction of sp³-hybridized carbons (Fsp3) is 0.636. The van der Waals surface area contributed by atoms with Gasteiger partial charge in [-0.3, -0.25) is 9.59 Å². The van der Waals surface area contributed by atoms with E-state index in [1.165, 1.54) is 16.4 Å². The van der Waals surface area contributed by atoms with Gasteiger partial charge in [-0.2, -0.15) is 4.31 Å². The molecule has 2 aliphatic rings. The second-order valence-corrected chi connectivity index (χ2v) is 10.8. The third-order valence-corrected chi connectivity index (χ3v) is 7.58. The van der Waals surface area contributed by atoms with E-state index in [0.717, 1.165) is 0 Å². The van der Waals surface area contributed by atoms with Gasteiger partial charge in [-0.05, 0) is 44.9 Å². The maximum Gasteiger partial charge on any atom is 0.251 e. The van der Waals surface area contributed by atoms with Crippen LogP contribution in [0.15, 0.2) is 29.2 Å². The number of morpholine rings is 1. The number of hydrogen-bond donors (Lipinski definition) is 1. The van der Waals surface area contributed by atoms with Crippen molar-refractivity contribution in [2.75, 3.05) is 26.2 Å². The van der Waals surface area contributed by atoms with Crippen LogP contribution in [0.5, 0.6) is 0 Å². The highest BCUT2D eigenvalue weighted by atomic mass is 32.2. The van der Waals surface area contributed by atoms with Crippen LogP contribution in [0.25, 0.3) is 0 Å². The predicted molar refractivity (Wildman–Crippen MR) is 117 cm³/mol. The number of likely N-dealkylation sites (tertiary alicyclic amines) is 1. The summed E-state index contributed by atoms with van der Waals surface area (Å²) in [6, 6.07) is 6.14. The Labute approximate surface area is 185 Å². The van der Waals surface area contributed by atoms with Gasteiger partial charge in [0.05, 0.1) is 17.1 Å². The molecule has 0 spiro atoms. The normalized spacial score (nSPS) is 23.7. The van der Waals surface area contributed by atoms with Gasteiger partial charge >= 0.3 is 0 Å². The lowest BCUT2D eigenvalue weighted by Crippen LogP contribution is -2.48. The van der Waals surface area contributed by atoms with Crippen molar-refractivity contribution in [3.8, 4) is 0 Å². The number of benzene rings is 1. The number of sulfonamides is 1. The largest absolute Gasteiger partial charge is 0.373 e. The highest BCUT2D eigenvalue weighted by Crippen LogP contribution is 2.22. The summed E-state index contributed by atoms with van der Waals surface area (Å²) in [5.74, 6) is -0.197. The Kier molecular flexibility index (Phi) is 7.39. The molecular formula is C22H33N3O5S. The maximum absolute atomic E-state index is 13.1. The number of amides is 2. The zero-order valence-corrected chi connectivity index (χ0v) is 19.5. The van der Waals surface area contributed by atoms with Crippen LogP contribution in [0.2, 0.25) is 0 Å². The summed E-state index contributed by atoms with van der Waals surface area (Å²) in [5, 5.41) is 2.99. The van der Waals surface area contributed by atoms with Gasteiger partial charge in [0, 0.05) is 43.7 Å². The second kappa shape index (κ2) is 9.67. The van der Waals surface area contributed by atoms with E-state index in [1.54, 1.807) is 12.1 Å². The van der Waals surface area contributed by atoms with Gasteiger partial charge in [0.25, 0.3) is 5.91 Å². The summed E-state index contributed by atoms with van der Waals surface area (Å²) in [5.41, 5.74) is 0.316. The molecule has 2 atom stereocenters. The molecule has 8 nitrogen and oxygen atoms in total. The van der Waals surface area contributed by atoms with E-state index < -0.39 is 10.0 Å². The van der Waals surface area contributed by atoms with Gasteiger partial charge in [0.15, 0.2) is 0 Å². The standard InChI is InChI=1S/C22H33N3O5S/c1-15(2)22(27)24-10-8-19(9-11-24)23-21(26)18-6-5-7-20(12-18)31(28,29)25-13-16(3)30-17(4)14-25/h5-7,12,15-17,19H,8-11,13-14H2,1-4H3,(H,23,26). The minimum atomic E-state index is -3.71. The Bertz CT molecular complexity index is 899. The lowest BCUT2D eigenvalue weighted by atomic mass is 10.0. The van der Waals surface area contributed by atoms with Gasteiger partial charge in [-0.25, -0.2) is 8.42 Å². The molecule has 1 N–H and O–H groups in total. The maximum atomic E-state index is 13.1. The lowest BCUT2D eigenvalue weighted by molar-refractivity contribution is -0.135. The summed E-state index contributed by atoms with van der Waals surface area (Å²) in [6.07, 6.45) is 1.01. The van der Waals surface area contributed by atoms with Crippen LogP contribution in [0.1, 0.15) is 50.9 Å². The first kappa shape index (κ1) is 23.7. The highest BCUT2D eigenvalue weighted by molar-refractivity contribution is 7.89. The third-order valence-electron chi connectivity index (χ3n) is 5.76. The van der Waals surface area contributed by atoms with Crippen LogP contribution in [-0.4, -0.2) is 73.9 Å². The Morgan fingerprint density at radius 1 is 1.10 bits per heavy atom.